The summed E-state index contributed by atoms with van der Waals surface area (Å²) in [6, 6.07) is 3.42. The van der Waals surface area contributed by atoms with Crippen molar-refractivity contribution in [1.82, 2.24) is 14.1 Å². The van der Waals surface area contributed by atoms with Crippen molar-refractivity contribution in [3.05, 3.63) is 17.5 Å². The van der Waals surface area contributed by atoms with Crippen LogP contribution in [-0.2, 0) is 19.6 Å². The van der Waals surface area contributed by atoms with E-state index in [1.807, 2.05) is 11.9 Å². The predicted molar refractivity (Wildman–Crippen MR) is 111 cm³/mol. The lowest BCUT2D eigenvalue weighted by molar-refractivity contribution is -0.192. The maximum absolute atomic E-state index is 13.0. The van der Waals surface area contributed by atoms with Crippen molar-refractivity contribution in [1.29, 1.82) is 0 Å². The Balaban J connectivity index is 0.000000360. The molecule has 2 aliphatic heterocycles. The van der Waals surface area contributed by atoms with Crippen molar-refractivity contribution in [3.63, 3.8) is 0 Å². The van der Waals surface area contributed by atoms with Crippen LogP contribution in [0.5, 0.6) is 0 Å². The van der Waals surface area contributed by atoms with Crippen LogP contribution in [0.15, 0.2) is 21.7 Å². The highest BCUT2D eigenvalue weighted by Crippen LogP contribution is 2.39. The third kappa shape index (κ3) is 5.26. The molecule has 3 fully saturated rings. The highest BCUT2D eigenvalue weighted by molar-refractivity contribution is 7.91. The number of piperazine rings is 1. The molecule has 0 unspecified atom stereocenters. The quantitative estimate of drug-likeness (QED) is 0.684. The molecule has 1 saturated carbocycles. The molecule has 0 bridgehead atoms. The van der Waals surface area contributed by atoms with E-state index in [0.717, 1.165) is 25.6 Å². The summed E-state index contributed by atoms with van der Waals surface area (Å²) < 4.78 is 59.2. The number of hydrogen-bond acceptors (Lipinski definition) is 6. The molecule has 4 rings (SSSR count). The van der Waals surface area contributed by atoms with Crippen LogP contribution < -0.4 is 0 Å². The number of thiophene rings is 1. The van der Waals surface area contributed by atoms with Gasteiger partial charge in [-0.05, 0) is 43.0 Å². The molecular weight excluding hydrogens is 471 g/mol. The number of nitrogens with zero attached hydrogens (tertiary/aromatic N) is 3. The highest BCUT2D eigenvalue weighted by atomic mass is 32.2. The Kier molecular flexibility index (Phi) is 7.23. The van der Waals surface area contributed by atoms with Crippen LogP contribution in [0, 0.1) is 5.92 Å². The van der Waals surface area contributed by atoms with Gasteiger partial charge in [-0.3, -0.25) is 9.69 Å². The fourth-order valence-corrected chi connectivity index (χ4v) is 6.71. The number of likely N-dealkylation sites (N-methyl/N-ethyl adjacent to an activating group) is 1. The topological polar surface area (TPSA) is 98.2 Å². The van der Waals surface area contributed by atoms with E-state index in [0.29, 0.717) is 30.1 Å². The SMILES string of the molecule is CN1CCN(CC2CC2)C2(CCN(S(=O)(=O)c3cccs3)CC2)C1=O.O=C(O)C(F)(F)F. The fraction of sp³-hybridized carbons (Fsp3) is 0.684. The molecule has 0 aromatic carbocycles. The summed E-state index contributed by atoms with van der Waals surface area (Å²) in [4.78, 5) is 26.1. The summed E-state index contributed by atoms with van der Waals surface area (Å²) in [5.41, 5.74) is -0.503. The number of aliphatic carboxylic acids is 1. The Hall–Kier alpha value is -1.70. The normalized spacial score (nSPS) is 22.5. The van der Waals surface area contributed by atoms with Crippen LogP contribution in [0.25, 0.3) is 0 Å². The van der Waals surface area contributed by atoms with Crippen molar-refractivity contribution in [2.75, 3.05) is 39.8 Å². The molecule has 1 aliphatic carbocycles. The van der Waals surface area contributed by atoms with Crippen LogP contribution >= 0.6 is 11.3 Å². The van der Waals surface area contributed by atoms with Gasteiger partial charge < -0.3 is 10.0 Å². The molecule has 1 aromatic heterocycles. The van der Waals surface area contributed by atoms with Crippen molar-refractivity contribution >= 4 is 33.2 Å². The summed E-state index contributed by atoms with van der Waals surface area (Å²) in [5.74, 6) is -1.86. The zero-order valence-electron chi connectivity index (χ0n) is 17.5. The summed E-state index contributed by atoms with van der Waals surface area (Å²) in [6.45, 7) is 3.49. The molecule has 0 radical (unpaired) electrons. The molecule has 1 N–H and O–H groups in total. The Morgan fingerprint density at radius 3 is 2.28 bits per heavy atom. The second kappa shape index (κ2) is 9.27. The van der Waals surface area contributed by atoms with E-state index in [1.54, 1.807) is 21.8 Å². The third-order valence-corrected chi connectivity index (χ3v) is 9.38. The number of hydrogen-bond donors (Lipinski definition) is 1. The number of amides is 1. The molecule has 8 nitrogen and oxygen atoms in total. The second-order valence-corrected chi connectivity index (χ2v) is 11.4. The number of rotatable bonds is 4. The zero-order chi connectivity index (χ0) is 23.7. The van der Waals surface area contributed by atoms with Gasteiger partial charge >= 0.3 is 12.1 Å². The van der Waals surface area contributed by atoms with Gasteiger partial charge in [0.15, 0.2) is 0 Å². The molecule has 3 aliphatic rings. The number of carbonyl (C=O) groups is 2. The van der Waals surface area contributed by atoms with Crippen LogP contribution in [0.3, 0.4) is 0 Å². The molecule has 13 heteroatoms. The Morgan fingerprint density at radius 1 is 1.22 bits per heavy atom. The average molecular weight is 498 g/mol. The third-order valence-electron chi connectivity index (χ3n) is 6.11. The van der Waals surface area contributed by atoms with E-state index in [1.165, 1.54) is 24.2 Å². The van der Waals surface area contributed by atoms with Gasteiger partial charge in [0.05, 0.1) is 0 Å². The van der Waals surface area contributed by atoms with E-state index in [2.05, 4.69) is 4.90 Å². The predicted octanol–water partition coefficient (Wildman–Crippen LogP) is 2.09. The number of alkyl halides is 3. The molecule has 2 saturated heterocycles. The van der Waals surface area contributed by atoms with Gasteiger partial charge in [0, 0.05) is 39.8 Å². The summed E-state index contributed by atoms with van der Waals surface area (Å²) in [7, 11) is -1.56. The first-order chi connectivity index (χ1) is 14.9. The van der Waals surface area contributed by atoms with Gasteiger partial charge in [-0.25, -0.2) is 13.2 Å². The van der Waals surface area contributed by atoms with Gasteiger partial charge in [0.2, 0.25) is 5.91 Å². The van der Waals surface area contributed by atoms with Crippen molar-refractivity contribution in [2.24, 2.45) is 5.92 Å². The molecule has 1 amide bonds. The molecule has 32 heavy (non-hydrogen) atoms. The van der Waals surface area contributed by atoms with Gasteiger partial charge in [-0.1, -0.05) is 6.07 Å². The Labute approximate surface area is 188 Å². The van der Waals surface area contributed by atoms with Gasteiger partial charge in [-0.2, -0.15) is 17.5 Å². The number of carboxylic acid groups (broad SMARTS) is 1. The number of carboxylic acids is 1. The maximum atomic E-state index is 13.0. The van der Waals surface area contributed by atoms with Crippen LogP contribution in [-0.4, -0.2) is 91.0 Å². The standard InChI is InChI=1S/C17H25N3O3S2.C2HF3O2/c1-18-10-11-19(13-14-4-5-14)17(16(18)21)6-8-20(9-7-17)25(22,23)15-3-2-12-24-15;3-2(4,5)1(6)7/h2-3,12,14H,4-11,13H2,1H3;(H,6,7). The van der Waals surface area contributed by atoms with Crippen LogP contribution in [0.2, 0.25) is 0 Å². The highest BCUT2D eigenvalue weighted by Gasteiger charge is 2.52. The maximum Gasteiger partial charge on any atom is 0.490 e. The number of halogens is 3. The first kappa shape index (κ1) is 24.9. The van der Waals surface area contributed by atoms with Crippen molar-refractivity contribution < 1.29 is 36.3 Å². The lowest BCUT2D eigenvalue weighted by Crippen LogP contribution is -2.68. The van der Waals surface area contributed by atoms with Crippen LogP contribution in [0.4, 0.5) is 13.2 Å². The largest absolute Gasteiger partial charge is 0.490 e. The fourth-order valence-electron chi connectivity index (χ4n) is 4.12. The zero-order valence-corrected chi connectivity index (χ0v) is 19.2. The minimum absolute atomic E-state index is 0.174. The lowest BCUT2D eigenvalue weighted by atomic mass is 9.83. The number of carbonyl (C=O) groups excluding carboxylic acids is 1. The monoisotopic (exact) mass is 497 g/mol. The summed E-state index contributed by atoms with van der Waals surface area (Å²) >= 11 is 1.25. The van der Waals surface area contributed by atoms with E-state index >= 15 is 0 Å². The number of piperidine rings is 1. The average Bonchev–Trinajstić information content (AvgIpc) is 3.36. The first-order valence-electron chi connectivity index (χ1n) is 10.2. The number of sulfonamides is 1. The smallest absolute Gasteiger partial charge is 0.475 e. The van der Waals surface area contributed by atoms with Gasteiger partial charge in [-0.15, -0.1) is 11.3 Å². The summed E-state index contributed by atoms with van der Waals surface area (Å²) in [5, 5.41) is 8.91. The van der Waals surface area contributed by atoms with E-state index in [9.17, 15) is 26.4 Å². The van der Waals surface area contributed by atoms with E-state index in [4.69, 9.17) is 9.90 Å². The minimum Gasteiger partial charge on any atom is -0.475 e. The lowest BCUT2D eigenvalue weighted by Gasteiger charge is -2.52. The molecule has 0 atom stereocenters. The van der Waals surface area contributed by atoms with E-state index < -0.39 is 27.7 Å². The van der Waals surface area contributed by atoms with E-state index in [-0.39, 0.29) is 5.91 Å². The summed E-state index contributed by atoms with van der Waals surface area (Å²) in [6.07, 6.45) is -1.38. The van der Waals surface area contributed by atoms with Crippen molar-refractivity contribution in [2.45, 2.75) is 41.6 Å². The molecular formula is C19H26F3N3O5S2. The van der Waals surface area contributed by atoms with Crippen molar-refractivity contribution in [3.8, 4) is 0 Å². The second-order valence-electron chi connectivity index (χ2n) is 8.29. The first-order valence-corrected chi connectivity index (χ1v) is 12.5. The Bertz CT molecular complexity index is 925. The molecule has 1 spiro atoms. The van der Waals surface area contributed by atoms with Gasteiger partial charge in [0.1, 0.15) is 9.75 Å². The van der Waals surface area contributed by atoms with Gasteiger partial charge in [0.25, 0.3) is 10.0 Å². The molecule has 3 heterocycles. The Morgan fingerprint density at radius 2 is 1.81 bits per heavy atom. The molecule has 180 valence electrons. The van der Waals surface area contributed by atoms with Crippen LogP contribution in [0.1, 0.15) is 25.7 Å². The minimum atomic E-state index is -5.08. The molecule has 1 aromatic rings.